The molecule has 50 heavy (non-hydrogen) atoms. The number of carbonyl (C=O) groups excluding carboxylic acids is 2. The molecular weight excluding hydrogens is 673 g/mol. The Bertz CT molecular complexity index is 1650. The van der Waals surface area contributed by atoms with Crippen LogP contribution in [0.25, 0.3) is 0 Å². The summed E-state index contributed by atoms with van der Waals surface area (Å²) < 4.78 is 42.0. The zero-order valence-corrected chi connectivity index (χ0v) is 28.3. The van der Waals surface area contributed by atoms with Crippen molar-refractivity contribution in [2.75, 3.05) is 54.4 Å². The number of hydrogen-bond donors (Lipinski definition) is 3. The van der Waals surface area contributed by atoms with E-state index in [1.165, 1.54) is 6.33 Å². The van der Waals surface area contributed by atoms with Gasteiger partial charge in [-0.15, -0.1) is 0 Å². The van der Waals surface area contributed by atoms with E-state index in [4.69, 9.17) is 16.9 Å². The molecule has 2 aliphatic heterocycles. The first-order valence-electron chi connectivity index (χ1n) is 16.8. The van der Waals surface area contributed by atoms with Gasteiger partial charge in [-0.25, -0.2) is 19.9 Å². The smallest absolute Gasteiger partial charge is 0.368 e. The number of amides is 2. The predicted octanol–water partition coefficient (Wildman–Crippen LogP) is 4.75. The van der Waals surface area contributed by atoms with Crippen molar-refractivity contribution >= 4 is 40.9 Å². The number of alkyl halides is 3. The van der Waals surface area contributed by atoms with Crippen LogP contribution in [0.4, 0.5) is 30.6 Å². The summed E-state index contributed by atoms with van der Waals surface area (Å²) >= 11 is 5.84. The summed E-state index contributed by atoms with van der Waals surface area (Å²) in [5, 5.41) is 18.2. The molecule has 5 rings (SSSR count). The summed E-state index contributed by atoms with van der Waals surface area (Å²) in [7, 11) is 0. The van der Waals surface area contributed by atoms with E-state index >= 15 is 0 Å². The molecule has 2 saturated heterocycles. The largest absolute Gasteiger partial charge is 0.451 e. The Labute approximate surface area is 293 Å². The first-order valence-corrected chi connectivity index (χ1v) is 17.2. The molecule has 2 aliphatic rings. The Balaban J connectivity index is 1.10. The normalized spacial score (nSPS) is 16.6. The van der Waals surface area contributed by atoms with Crippen LogP contribution in [-0.4, -0.2) is 77.1 Å². The topological polar surface area (TPSA) is 152 Å². The molecule has 2 amide bonds. The summed E-state index contributed by atoms with van der Waals surface area (Å²) in [6.45, 7) is 2.75. The fraction of sp³-hybridized carbons (Fsp3) is 0.500. The van der Waals surface area contributed by atoms with Gasteiger partial charge in [0.1, 0.15) is 35.0 Å². The van der Waals surface area contributed by atoms with E-state index < -0.39 is 18.0 Å². The number of halogens is 4. The summed E-state index contributed by atoms with van der Waals surface area (Å²) in [5.41, 5.74) is 1.51. The van der Waals surface area contributed by atoms with Gasteiger partial charge in [0.25, 0.3) is 0 Å². The molecule has 3 aromatic rings. The number of piperidine rings is 1. The van der Waals surface area contributed by atoms with E-state index in [1.807, 2.05) is 17.0 Å². The molecule has 4 heterocycles. The molecule has 1 unspecified atom stereocenters. The molecule has 2 aromatic heterocycles. The van der Waals surface area contributed by atoms with Gasteiger partial charge in [0, 0.05) is 57.8 Å². The second-order valence-electron chi connectivity index (χ2n) is 12.4. The van der Waals surface area contributed by atoms with Gasteiger partial charge >= 0.3 is 6.18 Å². The molecule has 12 nitrogen and oxygen atoms in total. The highest BCUT2D eigenvalue weighted by atomic mass is 35.5. The van der Waals surface area contributed by atoms with Gasteiger partial charge in [0.05, 0.1) is 11.6 Å². The van der Waals surface area contributed by atoms with Crippen LogP contribution in [0.5, 0.6) is 0 Å². The van der Waals surface area contributed by atoms with Gasteiger partial charge < -0.3 is 25.8 Å². The number of aromatic nitrogens is 4. The molecule has 266 valence electrons. The van der Waals surface area contributed by atoms with Crippen molar-refractivity contribution in [1.82, 2.24) is 30.6 Å². The predicted molar refractivity (Wildman–Crippen MR) is 183 cm³/mol. The van der Waals surface area contributed by atoms with E-state index in [1.54, 1.807) is 29.2 Å². The number of hydrogen-bond acceptors (Lipinski definition) is 10. The first kappa shape index (κ1) is 36.6. The van der Waals surface area contributed by atoms with Gasteiger partial charge in [0.15, 0.2) is 0 Å². The SMILES string of the molecule is N#Cc1ccc(CCNC(=O)C2CCCN2c2cc(N3CCC(CCCC(=O)NCCNc4cc(Cl)ncn4)CC3)nc(C(F)(F)F)n2)cc1. The average molecular weight is 713 g/mol. The van der Waals surface area contributed by atoms with Crippen LogP contribution in [0.3, 0.4) is 0 Å². The van der Waals surface area contributed by atoms with Gasteiger partial charge in [-0.1, -0.05) is 23.7 Å². The number of nitrogens with zero attached hydrogens (tertiary/aromatic N) is 7. The van der Waals surface area contributed by atoms with E-state index in [0.717, 1.165) is 24.8 Å². The maximum atomic E-state index is 14.0. The van der Waals surface area contributed by atoms with E-state index in [0.29, 0.717) is 93.8 Å². The van der Waals surface area contributed by atoms with Crippen molar-refractivity contribution in [3.63, 3.8) is 0 Å². The highest BCUT2D eigenvalue weighted by Gasteiger charge is 2.39. The van der Waals surface area contributed by atoms with Crippen molar-refractivity contribution in [2.24, 2.45) is 5.92 Å². The van der Waals surface area contributed by atoms with Crippen LogP contribution < -0.4 is 25.8 Å². The standard InChI is InChI=1S/C34H40ClF3N10O2/c35-27-19-28(44-22-43-27)40-14-15-41-31(49)5-1-3-23-11-17-47(18-12-23)29-20-30(46-33(45-29)34(36,37)38)48-16-2-4-26(48)32(50)42-13-10-24-6-8-25(21-39)9-7-24/h6-9,19-20,22-23,26H,1-5,10-18H2,(H,41,49)(H,42,50)(H,40,43,44). The lowest BCUT2D eigenvalue weighted by atomic mass is 9.91. The van der Waals surface area contributed by atoms with E-state index in [-0.39, 0.29) is 23.5 Å². The van der Waals surface area contributed by atoms with Crippen LogP contribution in [0.2, 0.25) is 5.15 Å². The van der Waals surface area contributed by atoms with E-state index in [2.05, 4.69) is 42.0 Å². The monoisotopic (exact) mass is 712 g/mol. The van der Waals surface area contributed by atoms with Crippen molar-refractivity contribution in [3.8, 4) is 6.07 Å². The highest BCUT2D eigenvalue weighted by molar-refractivity contribution is 6.29. The molecule has 2 fully saturated rings. The summed E-state index contributed by atoms with van der Waals surface area (Å²) in [4.78, 5) is 44.6. The number of carbonyl (C=O) groups is 2. The lowest BCUT2D eigenvalue weighted by molar-refractivity contribution is -0.144. The number of nitriles is 1. The number of rotatable bonds is 14. The molecule has 1 aromatic carbocycles. The number of nitrogens with one attached hydrogen (secondary N) is 3. The van der Waals surface area contributed by atoms with Gasteiger partial charge in [-0.3, -0.25) is 9.59 Å². The van der Waals surface area contributed by atoms with Crippen LogP contribution in [0, 0.1) is 17.2 Å². The summed E-state index contributed by atoms with van der Waals surface area (Å²) in [6, 6.07) is 11.7. The molecule has 0 aliphatic carbocycles. The molecule has 16 heteroatoms. The van der Waals surface area contributed by atoms with Crippen LogP contribution in [0.1, 0.15) is 61.9 Å². The van der Waals surface area contributed by atoms with Gasteiger partial charge in [-0.2, -0.15) is 18.4 Å². The van der Waals surface area contributed by atoms with Crippen LogP contribution >= 0.6 is 11.6 Å². The minimum Gasteiger partial charge on any atom is -0.368 e. The van der Waals surface area contributed by atoms with Crippen molar-refractivity contribution in [2.45, 2.75) is 63.6 Å². The van der Waals surface area contributed by atoms with Crippen molar-refractivity contribution < 1.29 is 22.8 Å². The maximum absolute atomic E-state index is 14.0. The van der Waals surface area contributed by atoms with Gasteiger partial charge in [-0.05, 0) is 68.6 Å². The second kappa shape index (κ2) is 17.3. The lowest BCUT2D eigenvalue weighted by Gasteiger charge is -2.34. The Morgan fingerprint density at radius 1 is 0.960 bits per heavy atom. The molecular formula is C34H40ClF3N10O2. The zero-order chi connectivity index (χ0) is 35.5. The minimum absolute atomic E-state index is 0.0432. The third-order valence-corrected chi connectivity index (χ3v) is 9.15. The Morgan fingerprint density at radius 2 is 1.72 bits per heavy atom. The summed E-state index contributed by atoms with van der Waals surface area (Å²) in [6.07, 6.45) is 1.80. The fourth-order valence-corrected chi connectivity index (χ4v) is 6.43. The maximum Gasteiger partial charge on any atom is 0.451 e. The van der Waals surface area contributed by atoms with Crippen molar-refractivity contribution in [3.05, 3.63) is 64.8 Å². The second-order valence-corrected chi connectivity index (χ2v) is 12.8. The summed E-state index contributed by atoms with van der Waals surface area (Å²) in [5.74, 6) is -0.304. The third kappa shape index (κ3) is 10.4. The molecule has 0 radical (unpaired) electrons. The minimum atomic E-state index is -4.75. The highest BCUT2D eigenvalue weighted by Crippen LogP contribution is 2.34. The molecule has 1 atom stereocenters. The lowest BCUT2D eigenvalue weighted by Crippen LogP contribution is -2.44. The zero-order valence-electron chi connectivity index (χ0n) is 27.6. The van der Waals surface area contributed by atoms with Crippen molar-refractivity contribution in [1.29, 1.82) is 5.26 Å². The molecule has 0 spiro atoms. The third-order valence-electron chi connectivity index (χ3n) is 8.94. The quantitative estimate of drug-likeness (QED) is 0.158. The molecule has 3 N–H and O–H groups in total. The fourth-order valence-electron chi connectivity index (χ4n) is 6.28. The number of benzene rings is 1. The molecule has 0 bridgehead atoms. The average Bonchev–Trinajstić information content (AvgIpc) is 3.61. The Hall–Kier alpha value is -4.71. The van der Waals surface area contributed by atoms with E-state index in [9.17, 15) is 22.8 Å². The first-order chi connectivity index (χ1) is 24.1. The molecule has 0 saturated carbocycles. The van der Waals surface area contributed by atoms with Crippen LogP contribution in [-0.2, 0) is 22.2 Å². The Kier molecular flexibility index (Phi) is 12.6. The number of anilines is 3. The van der Waals surface area contributed by atoms with Crippen LogP contribution in [0.15, 0.2) is 42.7 Å². The van der Waals surface area contributed by atoms with Gasteiger partial charge in [0.2, 0.25) is 17.6 Å². The Morgan fingerprint density at radius 3 is 2.44 bits per heavy atom.